The Morgan fingerprint density at radius 2 is 1.65 bits per heavy atom. The van der Waals surface area contributed by atoms with Gasteiger partial charge in [-0.3, -0.25) is 13.9 Å². The normalized spacial score (nSPS) is 12.7. The van der Waals surface area contributed by atoms with Crippen molar-refractivity contribution in [2.24, 2.45) is 0 Å². The number of aryl methyl sites for hydroxylation is 1. The number of hydrogen-bond donors (Lipinski definition) is 0. The van der Waals surface area contributed by atoms with Gasteiger partial charge < -0.3 is 0 Å². The first kappa shape index (κ1) is 19.4. The van der Waals surface area contributed by atoms with Crippen LogP contribution in [0.2, 0.25) is 0 Å². The van der Waals surface area contributed by atoms with E-state index in [-0.39, 0.29) is 5.56 Å². The van der Waals surface area contributed by atoms with Crippen molar-refractivity contribution < 1.29 is 0 Å². The van der Waals surface area contributed by atoms with Crippen molar-refractivity contribution in [1.82, 2.24) is 24.1 Å². The number of fused-ring (bicyclic) bond motifs is 4. The molecule has 0 aliphatic carbocycles. The second kappa shape index (κ2) is 7.61. The van der Waals surface area contributed by atoms with E-state index in [2.05, 4.69) is 43.1 Å². The number of rotatable bonds is 5. The number of nitrogens with zero attached hydrogens (tertiary/aromatic N) is 5. The SMILES string of the molecule is CCCn1cnc2c(c1=O)c1nc3ccccc3nc1n2-c1ccc(C(C)CC)cc1. The van der Waals surface area contributed by atoms with Crippen LogP contribution < -0.4 is 5.56 Å². The maximum atomic E-state index is 13.3. The fourth-order valence-electron chi connectivity index (χ4n) is 4.10. The number of aromatic nitrogens is 5. The molecule has 6 heteroatoms. The molecule has 31 heavy (non-hydrogen) atoms. The molecule has 0 aliphatic heterocycles. The van der Waals surface area contributed by atoms with Crippen molar-refractivity contribution in [3.05, 3.63) is 70.8 Å². The average Bonchev–Trinajstić information content (AvgIpc) is 3.12. The van der Waals surface area contributed by atoms with Gasteiger partial charge in [-0.1, -0.05) is 45.0 Å². The van der Waals surface area contributed by atoms with Gasteiger partial charge in [-0.05, 0) is 48.6 Å². The maximum Gasteiger partial charge on any atom is 0.265 e. The number of para-hydroxylation sites is 2. The van der Waals surface area contributed by atoms with Crippen LogP contribution in [0, 0.1) is 0 Å². The summed E-state index contributed by atoms with van der Waals surface area (Å²) in [7, 11) is 0. The van der Waals surface area contributed by atoms with Gasteiger partial charge in [-0.25, -0.2) is 15.0 Å². The fraction of sp³-hybridized carbons (Fsp3) is 0.280. The predicted octanol–water partition coefficient (Wildman–Crippen LogP) is 5.21. The van der Waals surface area contributed by atoms with Crippen molar-refractivity contribution >= 4 is 33.2 Å². The lowest BCUT2D eigenvalue weighted by atomic mass is 9.99. The molecule has 0 N–H and O–H groups in total. The molecule has 2 aromatic carbocycles. The summed E-state index contributed by atoms with van der Waals surface area (Å²) in [5.41, 5.74) is 5.57. The largest absolute Gasteiger partial charge is 0.299 e. The second-order valence-corrected chi connectivity index (χ2v) is 8.06. The zero-order chi connectivity index (χ0) is 21.5. The lowest BCUT2D eigenvalue weighted by Crippen LogP contribution is -2.20. The highest BCUT2D eigenvalue weighted by molar-refractivity contribution is 6.05. The van der Waals surface area contributed by atoms with Crippen LogP contribution in [-0.2, 0) is 6.54 Å². The molecular weight excluding hydrogens is 386 g/mol. The van der Waals surface area contributed by atoms with Crippen LogP contribution >= 0.6 is 0 Å². The summed E-state index contributed by atoms with van der Waals surface area (Å²) in [5.74, 6) is 0.496. The van der Waals surface area contributed by atoms with Crippen LogP contribution in [0.4, 0.5) is 0 Å². The summed E-state index contributed by atoms with van der Waals surface area (Å²) in [6.07, 6.45) is 3.58. The molecule has 0 bridgehead atoms. The van der Waals surface area contributed by atoms with Gasteiger partial charge in [0.25, 0.3) is 5.56 Å². The molecule has 156 valence electrons. The summed E-state index contributed by atoms with van der Waals surface area (Å²) in [5, 5.41) is 0.523. The molecule has 0 amide bonds. The lowest BCUT2D eigenvalue weighted by Gasteiger charge is -2.11. The van der Waals surface area contributed by atoms with E-state index in [0.29, 0.717) is 34.7 Å². The van der Waals surface area contributed by atoms with Gasteiger partial charge in [-0.2, -0.15) is 0 Å². The van der Waals surface area contributed by atoms with Crippen molar-refractivity contribution in [1.29, 1.82) is 0 Å². The fourth-order valence-corrected chi connectivity index (χ4v) is 4.10. The first-order valence-corrected chi connectivity index (χ1v) is 10.9. The summed E-state index contributed by atoms with van der Waals surface area (Å²) in [6, 6.07) is 16.2. The molecule has 0 aliphatic rings. The highest BCUT2D eigenvalue weighted by Gasteiger charge is 2.20. The predicted molar refractivity (Wildman–Crippen MR) is 125 cm³/mol. The minimum atomic E-state index is -0.0728. The highest BCUT2D eigenvalue weighted by Crippen LogP contribution is 2.29. The van der Waals surface area contributed by atoms with Crippen LogP contribution in [0.25, 0.3) is 38.9 Å². The van der Waals surface area contributed by atoms with E-state index in [1.54, 1.807) is 10.9 Å². The van der Waals surface area contributed by atoms with Gasteiger partial charge in [0.15, 0.2) is 11.3 Å². The molecule has 1 atom stereocenters. The van der Waals surface area contributed by atoms with Gasteiger partial charge in [0, 0.05) is 12.2 Å². The van der Waals surface area contributed by atoms with E-state index >= 15 is 0 Å². The molecular formula is C25H25N5O. The topological polar surface area (TPSA) is 65.6 Å². The molecule has 3 aromatic heterocycles. The van der Waals surface area contributed by atoms with Crippen LogP contribution in [0.1, 0.15) is 45.1 Å². The summed E-state index contributed by atoms with van der Waals surface area (Å²) >= 11 is 0. The quantitative estimate of drug-likeness (QED) is 0.398. The third-order valence-electron chi connectivity index (χ3n) is 6.03. The van der Waals surface area contributed by atoms with Gasteiger partial charge in [0.2, 0.25) is 0 Å². The monoisotopic (exact) mass is 411 g/mol. The molecule has 0 saturated carbocycles. The molecule has 5 rings (SSSR count). The molecule has 1 unspecified atom stereocenters. The average molecular weight is 412 g/mol. The first-order chi connectivity index (χ1) is 15.1. The number of benzene rings is 2. The summed E-state index contributed by atoms with van der Waals surface area (Å²) < 4.78 is 3.62. The van der Waals surface area contributed by atoms with Crippen LogP contribution in [0.5, 0.6) is 0 Å². The Balaban J connectivity index is 1.86. The van der Waals surface area contributed by atoms with Crippen molar-refractivity contribution in [2.45, 2.75) is 46.1 Å². The van der Waals surface area contributed by atoms with E-state index < -0.39 is 0 Å². The Hall–Kier alpha value is -3.54. The van der Waals surface area contributed by atoms with Crippen LogP contribution in [0.15, 0.2) is 59.7 Å². The standard InChI is InChI=1S/C25H25N5O/c1-4-14-29-15-26-23-21(25(29)31)22-24(28-20-9-7-6-8-19(20)27-22)30(23)18-12-10-17(11-13-18)16(3)5-2/h6-13,15-16H,4-5,14H2,1-3H3. The molecule has 6 nitrogen and oxygen atoms in total. The van der Waals surface area contributed by atoms with E-state index in [1.807, 2.05) is 35.8 Å². The maximum absolute atomic E-state index is 13.3. The zero-order valence-electron chi connectivity index (χ0n) is 18.0. The Morgan fingerprint density at radius 1 is 0.935 bits per heavy atom. The second-order valence-electron chi connectivity index (χ2n) is 8.06. The molecule has 3 heterocycles. The summed E-state index contributed by atoms with van der Waals surface area (Å²) in [6.45, 7) is 7.09. The Kier molecular flexibility index (Phi) is 4.77. The van der Waals surface area contributed by atoms with E-state index in [4.69, 9.17) is 9.97 Å². The zero-order valence-corrected chi connectivity index (χ0v) is 18.0. The summed E-state index contributed by atoms with van der Waals surface area (Å²) in [4.78, 5) is 27.8. The molecule has 5 aromatic rings. The Labute approximate surface area is 180 Å². The van der Waals surface area contributed by atoms with E-state index in [0.717, 1.165) is 29.6 Å². The number of hydrogen-bond acceptors (Lipinski definition) is 4. The third-order valence-corrected chi connectivity index (χ3v) is 6.03. The minimum absolute atomic E-state index is 0.0728. The smallest absolute Gasteiger partial charge is 0.265 e. The van der Waals surface area contributed by atoms with Crippen molar-refractivity contribution in [3.8, 4) is 5.69 Å². The van der Waals surface area contributed by atoms with Gasteiger partial charge in [0.05, 0.1) is 17.4 Å². The Morgan fingerprint density at radius 3 is 2.32 bits per heavy atom. The molecule has 0 fully saturated rings. The van der Waals surface area contributed by atoms with Crippen LogP contribution in [0.3, 0.4) is 0 Å². The first-order valence-electron chi connectivity index (χ1n) is 10.9. The minimum Gasteiger partial charge on any atom is -0.299 e. The van der Waals surface area contributed by atoms with Crippen molar-refractivity contribution in [2.75, 3.05) is 0 Å². The van der Waals surface area contributed by atoms with Gasteiger partial charge in [0.1, 0.15) is 10.9 Å². The third kappa shape index (κ3) is 3.10. The Bertz CT molecular complexity index is 1460. The van der Waals surface area contributed by atoms with E-state index in [1.165, 1.54) is 5.56 Å². The van der Waals surface area contributed by atoms with Gasteiger partial charge >= 0.3 is 0 Å². The lowest BCUT2D eigenvalue weighted by molar-refractivity contribution is 0.647. The van der Waals surface area contributed by atoms with Gasteiger partial charge in [-0.15, -0.1) is 0 Å². The molecule has 0 radical (unpaired) electrons. The van der Waals surface area contributed by atoms with Crippen LogP contribution in [-0.4, -0.2) is 24.1 Å². The highest BCUT2D eigenvalue weighted by atomic mass is 16.1. The molecule has 0 spiro atoms. The molecule has 0 saturated heterocycles. The van der Waals surface area contributed by atoms with Crippen molar-refractivity contribution in [3.63, 3.8) is 0 Å². The van der Waals surface area contributed by atoms with E-state index in [9.17, 15) is 4.79 Å².